The van der Waals surface area contributed by atoms with Crippen molar-refractivity contribution in [2.24, 2.45) is 0 Å². The van der Waals surface area contributed by atoms with Gasteiger partial charge >= 0.3 is 5.97 Å². The molecule has 0 atom stereocenters. The fraction of sp³-hybridized carbons (Fsp3) is 0.471. The van der Waals surface area contributed by atoms with Crippen LogP contribution in [0.15, 0.2) is 24.3 Å². The Kier molecular flexibility index (Phi) is 7.80. The van der Waals surface area contributed by atoms with Gasteiger partial charge in [0.1, 0.15) is 0 Å². The monoisotopic (exact) mass is 320 g/mol. The highest BCUT2D eigenvalue weighted by molar-refractivity contribution is 5.88. The number of esters is 1. The first kappa shape index (κ1) is 18.7. The van der Waals surface area contributed by atoms with Crippen LogP contribution in [0.5, 0.6) is 0 Å². The van der Waals surface area contributed by atoms with Crippen LogP contribution in [0.4, 0.5) is 5.69 Å². The molecule has 0 radical (unpaired) electrons. The van der Waals surface area contributed by atoms with E-state index >= 15 is 0 Å². The molecular formula is C17H24N2O4. The van der Waals surface area contributed by atoms with Crippen molar-refractivity contribution in [1.82, 2.24) is 5.32 Å². The minimum Gasteiger partial charge on any atom is -0.455 e. The van der Waals surface area contributed by atoms with Gasteiger partial charge in [0.15, 0.2) is 6.61 Å². The summed E-state index contributed by atoms with van der Waals surface area (Å²) in [6, 6.07) is 7.00. The van der Waals surface area contributed by atoms with Crippen molar-refractivity contribution in [2.75, 3.05) is 11.9 Å². The van der Waals surface area contributed by atoms with E-state index < -0.39 is 5.97 Å². The summed E-state index contributed by atoms with van der Waals surface area (Å²) in [7, 11) is 0. The minimum atomic E-state index is -0.461. The molecule has 1 rings (SSSR count). The molecule has 0 aliphatic heterocycles. The molecular weight excluding hydrogens is 296 g/mol. The summed E-state index contributed by atoms with van der Waals surface area (Å²) in [5, 5.41) is 5.45. The maximum absolute atomic E-state index is 11.7. The summed E-state index contributed by atoms with van der Waals surface area (Å²) in [5.74, 6) is -0.898. The molecule has 0 aliphatic carbocycles. The van der Waals surface area contributed by atoms with Crippen LogP contribution in [-0.2, 0) is 25.5 Å². The zero-order chi connectivity index (χ0) is 17.2. The van der Waals surface area contributed by atoms with Gasteiger partial charge < -0.3 is 15.4 Å². The molecule has 0 heterocycles. The first-order valence-electron chi connectivity index (χ1n) is 7.76. The summed E-state index contributed by atoms with van der Waals surface area (Å²) in [4.78, 5) is 34.3. The molecule has 0 fully saturated rings. The Bertz CT molecular complexity index is 536. The molecule has 0 aromatic heterocycles. The second-order valence-corrected chi connectivity index (χ2v) is 5.30. The summed E-state index contributed by atoms with van der Waals surface area (Å²) < 4.78 is 4.97. The van der Waals surface area contributed by atoms with Crippen LogP contribution in [0.25, 0.3) is 0 Å². The number of amides is 2. The largest absolute Gasteiger partial charge is 0.455 e. The maximum Gasteiger partial charge on any atom is 0.310 e. The summed E-state index contributed by atoms with van der Waals surface area (Å²) in [5.41, 5.74) is 1.42. The quantitative estimate of drug-likeness (QED) is 0.718. The molecule has 23 heavy (non-hydrogen) atoms. The number of nitrogens with one attached hydrogen (secondary N) is 2. The fourth-order valence-corrected chi connectivity index (χ4v) is 2.04. The van der Waals surface area contributed by atoms with E-state index in [9.17, 15) is 14.4 Å². The van der Waals surface area contributed by atoms with Gasteiger partial charge in [0, 0.05) is 18.7 Å². The lowest BCUT2D eigenvalue weighted by Gasteiger charge is -2.14. The zero-order valence-electron chi connectivity index (χ0n) is 13.8. The van der Waals surface area contributed by atoms with Crippen molar-refractivity contribution in [3.63, 3.8) is 0 Å². The van der Waals surface area contributed by atoms with Gasteiger partial charge in [0.25, 0.3) is 5.91 Å². The number of carbonyl (C=O) groups excluding carboxylic acids is 3. The SMILES string of the molecule is CCC(CC)NC(=O)COC(=O)Cc1ccc(NC(C)=O)cc1. The van der Waals surface area contributed by atoms with Gasteiger partial charge in [-0.3, -0.25) is 14.4 Å². The Morgan fingerprint density at radius 1 is 1.09 bits per heavy atom. The van der Waals surface area contributed by atoms with Crippen molar-refractivity contribution in [2.45, 2.75) is 46.1 Å². The van der Waals surface area contributed by atoms with Gasteiger partial charge in [0.2, 0.25) is 5.91 Å². The lowest BCUT2D eigenvalue weighted by Crippen LogP contribution is -2.37. The van der Waals surface area contributed by atoms with Gasteiger partial charge in [-0.2, -0.15) is 0 Å². The van der Waals surface area contributed by atoms with E-state index in [4.69, 9.17) is 4.74 Å². The second-order valence-electron chi connectivity index (χ2n) is 5.30. The third kappa shape index (κ3) is 7.44. The number of hydrogen-bond donors (Lipinski definition) is 2. The van der Waals surface area contributed by atoms with E-state index in [1.54, 1.807) is 24.3 Å². The normalized spacial score (nSPS) is 10.3. The number of benzene rings is 1. The van der Waals surface area contributed by atoms with Crippen molar-refractivity contribution in [3.8, 4) is 0 Å². The molecule has 1 aromatic carbocycles. The number of carbonyl (C=O) groups is 3. The van der Waals surface area contributed by atoms with E-state index in [-0.39, 0.29) is 30.9 Å². The lowest BCUT2D eigenvalue weighted by molar-refractivity contribution is -0.148. The molecule has 0 bridgehead atoms. The third-order valence-electron chi connectivity index (χ3n) is 3.34. The molecule has 0 unspecified atom stereocenters. The first-order chi connectivity index (χ1) is 10.9. The second kappa shape index (κ2) is 9.61. The van der Waals surface area contributed by atoms with Crippen molar-refractivity contribution >= 4 is 23.5 Å². The van der Waals surface area contributed by atoms with Crippen molar-refractivity contribution in [3.05, 3.63) is 29.8 Å². The number of anilines is 1. The van der Waals surface area contributed by atoms with Crippen LogP contribution in [0.1, 0.15) is 39.2 Å². The molecule has 2 N–H and O–H groups in total. The predicted molar refractivity (Wildman–Crippen MR) is 87.9 cm³/mol. The molecule has 6 nitrogen and oxygen atoms in total. The topological polar surface area (TPSA) is 84.5 Å². The summed E-state index contributed by atoms with van der Waals surface area (Å²) in [6.07, 6.45) is 1.77. The number of ether oxygens (including phenoxy) is 1. The van der Waals surface area contributed by atoms with Crippen LogP contribution in [0.3, 0.4) is 0 Å². The number of rotatable bonds is 8. The van der Waals surface area contributed by atoms with E-state index in [1.807, 2.05) is 13.8 Å². The highest BCUT2D eigenvalue weighted by Crippen LogP contribution is 2.10. The molecule has 0 saturated carbocycles. The van der Waals surface area contributed by atoms with Crippen LogP contribution >= 0.6 is 0 Å². The zero-order valence-corrected chi connectivity index (χ0v) is 13.8. The smallest absolute Gasteiger partial charge is 0.310 e. The Morgan fingerprint density at radius 3 is 2.22 bits per heavy atom. The molecule has 6 heteroatoms. The van der Waals surface area contributed by atoms with Crippen molar-refractivity contribution < 1.29 is 19.1 Å². The highest BCUT2D eigenvalue weighted by atomic mass is 16.5. The average molecular weight is 320 g/mol. The van der Waals surface area contributed by atoms with E-state index in [0.717, 1.165) is 18.4 Å². The Balaban J connectivity index is 2.38. The molecule has 0 spiro atoms. The van der Waals surface area contributed by atoms with Gasteiger partial charge in [-0.15, -0.1) is 0 Å². The van der Waals surface area contributed by atoms with Gasteiger partial charge in [-0.25, -0.2) is 0 Å². The third-order valence-corrected chi connectivity index (χ3v) is 3.34. The average Bonchev–Trinajstić information content (AvgIpc) is 2.52. The van der Waals surface area contributed by atoms with Crippen LogP contribution in [-0.4, -0.2) is 30.4 Å². The van der Waals surface area contributed by atoms with Gasteiger partial charge in [-0.1, -0.05) is 26.0 Å². The molecule has 126 valence electrons. The van der Waals surface area contributed by atoms with Crippen LogP contribution in [0, 0.1) is 0 Å². The Labute approximate surface area is 136 Å². The predicted octanol–water partition coefficient (Wildman–Crippen LogP) is 2.04. The summed E-state index contributed by atoms with van der Waals surface area (Å²) in [6.45, 7) is 5.15. The standard InChI is InChI=1S/C17H24N2O4/c1-4-14(5-2)19-16(21)11-23-17(22)10-13-6-8-15(9-7-13)18-12(3)20/h6-9,14H,4-5,10-11H2,1-3H3,(H,18,20)(H,19,21). The van der Waals surface area contributed by atoms with Crippen LogP contribution in [0.2, 0.25) is 0 Å². The molecule has 2 amide bonds. The van der Waals surface area contributed by atoms with E-state index in [2.05, 4.69) is 10.6 Å². The molecule has 1 aromatic rings. The first-order valence-corrected chi connectivity index (χ1v) is 7.76. The fourth-order valence-electron chi connectivity index (χ4n) is 2.04. The lowest BCUT2D eigenvalue weighted by atomic mass is 10.1. The summed E-state index contributed by atoms with van der Waals surface area (Å²) >= 11 is 0. The van der Waals surface area contributed by atoms with Gasteiger partial charge in [0.05, 0.1) is 6.42 Å². The van der Waals surface area contributed by atoms with Crippen molar-refractivity contribution in [1.29, 1.82) is 0 Å². The minimum absolute atomic E-state index is 0.0820. The maximum atomic E-state index is 11.7. The highest BCUT2D eigenvalue weighted by Gasteiger charge is 2.11. The van der Waals surface area contributed by atoms with Gasteiger partial charge in [-0.05, 0) is 30.5 Å². The Morgan fingerprint density at radius 2 is 1.70 bits per heavy atom. The number of hydrogen-bond acceptors (Lipinski definition) is 4. The van der Waals surface area contributed by atoms with Crippen LogP contribution < -0.4 is 10.6 Å². The Hall–Kier alpha value is -2.37. The molecule has 0 saturated heterocycles. The molecule has 0 aliphatic rings. The van der Waals surface area contributed by atoms with E-state index in [1.165, 1.54) is 6.92 Å². The van der Waals surface area contributed by atoms with E-state index in [0.29, 0.717) is 5.69 Å².